The zero-order chi connectivity index (χ0) is 71.1. The Bertz CT molecular complexity index is 3310. The topological polar surface area (TPSA) is 142 Å². The number of fused-ring (bicyclic) bond motifs is 6. The van der Waals surface area contributed by atoms with Crippen molar-refractivity contribution in [2.45, 2.75) is 208 Å². The first-order valence-corrected chi connectivity index (χ1v) is 39.1. The number of thiophene rings is 3. The SMILES string of the molecule is CC.CC.CC.CC.CC.CC.CC.CC.CC.CC.CC.CC.Cc1cc(=O)c2ccoc2s1.Cc1cc(=O)c2ccsc2s1.Cc1cc(=O)c2cocc2s1.Cc1cc(=O)c2cscc2s1.Cc1cc(=O)c2occc2s1.Cc1cc(=O)c2sccc2s1. The molecule has 12 aromatic rings. The molecule has 90 heavy (non-hydrogen) atoms. The summed E-state index contributed by atoms with van der Waals surface area (Å²) in [5, 5.41) is 10.9. The highest BCUT2D eigenvalue weighted by molar-refractivity contribution is 7.37. The zero-order valence-corrected chi connectivity index (χ0v) is 67.1. The first kappa shape index (κ1) is 95.8. The van der Waals surface area contributed by atoms with Crippen LogP contribution in [0.4, 0.5) is 0 Å². The number of hydrogen-bond acceptors (Lipinski definition) is 18. The average Bonchev–Trinajstić information content (AvgIpc) is 3.29. The van der Waals surface area contributed by atoms with Crippen LogP contribution in [-0.2, 0) is 0 Å². The molecular weight excluding hydrogens is 1300 g/mol. The third-order valence-corrected chi connectivity index (χ3v) is 17.8. The quantitative estimate of drug-likeness (QED) is 0.145. The van der Waals surface area contributed by atoms with E-state index in [0.29, 0.717) is 16.4 Å². The molecule has 0 atom stereocenters. The van der Waals surface area contributed by atoms with E-state index in [2.05, 4.69) is 0 Å². The summed E-state index contributed by atoms with van der Waals surface area (Å²) < 4.78 is 21.1. The number of hydrogen-bond donors (Lipinski definition) is 0. The lowest BCUT2D eigenvalue weighted by Crippen LogP contribution is -1.95. The molecule has 9 nitrogen and oxygen atoms in total. The Balaban J connectivity index is -0.000000220. The van der Waals surface area contributed by atoms with E-state index in [1.807, 2.05) is 247 Å². The van der Waals surface area contributed by atoms with E-state index >= 15 is 0 Å². The Hall–Kier alpha value is -5.28. The van der Waals surface area contributed by atoms with Gasteiger partial charge in [-0.15, -0.1) is 90.7 Å². The first-order valence-electron chi connectivity index (χ1n) is 31.5. The summed E-state index contributed by atoms with van der Waals surface area (Å²) in [6, 6.07) is 17.3. The number of rotatable bonds is 0. The molecule has 0 aliphatic carbocycles. The Morgan fingerprint density at radius 2 is 0.711 bits per heavy atom. The lowest BCUT2D eigenvalue weighted by molar-refractivity contribution is 0.572. The van der Waals surface area contributed by atoms with Crippen molar-refractivity contribution in [3.05, 3.63) is 198 Å². The van der Waals surface area contributed by atoms with Gasteiger partial charge in [0.25, 0.3) is 0 Å². The van der Waals surface area contributed by atoms with Crippen LogP contribution in [0.1, 0.15) is 195 Å². The van der Waals surface area contributed by atoms with Crippen molar-refractivity contribution in [2.75, 3.05) is 0 Å². The van der Waals surface area contributed by atoms with E-state index in [4.69, 9.17) is 13.3 Å². The van der Waals surface area contributed by atoms with E-state index in [9.17, 15) is 28.8 Å². The summed E-state index contributed by atoms with van der Waals surface area (Å²) in [6.07, 6.45) is 6.19. The number of furan rings is 3. The van der Waals surface area contributed by atoms with Crippen molar-refractivity contribution in [1.29, 1.82) is 0 Å². The van der Waals surface area contributed by atoms with Gasteiger partial charge in [-0.25, -0.2) is 0 Å². The van der Waals surface area contributed by atoms with Crippen LogP contribution in [0.2, 0.25) is 0 Å². The van der Waals surface area contributed by atoms with Gasteiger partial charge in [-0.3, -0.25) is 28.8 Å². The van der Waals surface area contributed by atoms with Crippen LogP contribution in [0.5, 0.6) is 0 Å². The van der Waals surface area contributed by atoms with Crippen molar-refractivity contribution in [3.8, 4) is 0 Å². The van der Waals surface area contributed by atoms with Crippen LogP contribution < -0.4 is 32.6 Å². The Kier molecular flexibility index (Phi) is 65.2. The third-order valence-electron chi connectivity index (χ3n) is 8.88. The molecular formula is C72H108O9S9. The van der Waals surface area contributed by atoms with Crippen LogP contribution >= 0.6 is 102 Å². The van der Waals surface area contributed by atoms with Crippen LogP contribution in [0.3, 0.4) is 0 Å². The van der Waals surface area contributed by atoms with Crippen molar-refractivity contribution in [1.82, 2.24) is 0 Å². The smallest absolute Gasteiger partial charge is 0.223 e. The van der Waals surface area contributed by atoms with Gasteiger partial charge in [-0.05, 0) is 107 Å². The molecule has 12 rings (SSSR count). The van der Waals surface area contributed by atoms with E-state index in [-0.39, 0.29) is 32.6 Å². The van der Waals surface area contributed by atoms with Gasteiger partial charge >= 0.3 is 0 Å². The highest BCUT2D eigenvalue weighted by Crippen LogP contribution is 2.25. The molecule has 0 radical (unpaired) electrons. The standard InChI is InChI=1S/3C8H6O2S.3C8H6OS2.12C2H6/c1-5-2-7(9)6-3-10-4-8(6)11-5;1-5-4-6(9)8-7(11-5)2-3-10-8;1-5-4-7(9)6-2-3-10-8(6)11-5;1-5-2-7(9)6-3-10-4-8(6)11-5;1-5-4-6(9)8-7(11-5)2-3-10-8;1-5-4-7(9)6-2-3-10-8(6)11-5;12*1-2/h6*2-4H,1H3;12*1-2H3. The van der Waals surface area contributed by atoms with Crippen LogP contribution in [-0.4, -0.2) is 0 Å². The summed E-state index contributed by atoms with van der Waals surface area (Å²) in [6.45, 7) is 59.6. The largest absolute Gasteiger partial charge is 0.470 e. The minimum absolute atomic E-state index is 0.0266. The Morgan fingerprint density at radius 1 is 0.311 bits per heavy atom. The molecule has 0 fully saturated rings. The minimum atomic E-state index is -0.0266. The predicted molar refractivity (Wildman–Crippen MR) is 424 cm³/mol. The van der Waals surface area contributed by atoms with Crippen molar-refractivity contribution in [2.24, 2.45) is 0 Å². The Morgan fingerprint density at radius 3 is 1.24 bits per heavy atom. The maximum atomic E-state index is 11.3. The molecule has 12 heterocycles. The fourth-order valence-corrected chi connectivity index (χ4v) is 14.5. The molecule has 504 valence electrons. The van der Waals surface area contributed by atoms with Gasteiger partial charge in [0.2, 0.25) is 5.43 Å². The molecule has 0 spiro atoms. The van der Waals surface area contributed by atoms with Crippen molar-refractivity contribution < 1.29 is 13.3 Å². The van der Waals surface area contributed by atoms with Gasteiger partial charge in [-0.1, -0.05) is 166 Å². The van der Waals surface area contributed by atoms with Gasteiger partial charge in [0.1, 0.15) is 12.5 Å². The molecule has 18 heteroatoms. The molecule has 0 saturated heterocycles. The summed E-state index contributed by atoms with van der Waals surface area (Å²) in [5.41, 5.74) is 0.998. The molecule has 0 bridgehead atoms. The van der Waals surface area contributed by atoms with E-state index in [0.717, 1.165) is 72.4 Å². The molecule has 0 N–H and O–H groups in total. The van der Waals surface area contributed by atoms with Gasteiger partial charge in [0, 0.05) is 60.9 Å². The summed E-state index contributed by atoms with van der Waals surface area (Å²) in [4.78, 5) is 74.4. The van der Waals surface area contributed by atoms with Crippen molar-refractivity contribution in [3.63, 3.8) is 0 Å². The van der Waals surface area contributed by atoms with Gasteiger partial charge < -0.3 is 13.3 Å². The summed E-state index contributed by atoms with van der Waals surface area (Å²) in [7, 11) is 0. The van der Waals surface area contributed by atoms with Gasteiger partial charge in [0.15, 0.2) is 37.6 Å². The van der Waals surface area contributed by atoms with Crippen LogP contribution in [0.25, 0.3) is 59.5 Å². The second-order valence-electron chi connectivity index (χ2n) is 14.1. The molecule has 0 aromatic carbocycles. The average molecular weight is 1410 g/mol. The third kappa shape index (κ3) is 34.4. The van der Waals surface area contributed by atoms with Gasteiger partial charge in [0.05, 0.1) is 46.8 Å². The van der Waals surface area contributed by atoms with E-state index in [1.54, 1.807) is 141 Å². The fourth-order valence-electron chi connectivity index (χ4n) is 6.03. The summed E-state index contributed by atoms with van der Waals surface area (Å²) in [5.74, 6) is 0. The monoisotopic (exact) mass is 1400 g/mol. The lowest BCUT2D eigenvalue weighted by Gasteiger charge is -1.88. The number of aryl methyl sites for hydroxylation is 6. The fraction of sp³-hybridized carbons (Fsp3) is 0.417. The molecule has 0 saturated carbocycles. The molecule has 0 unspecified atom stereocenters. The second kappa shape index (κ2) is 61.2. The summed E-state index contributed by atoms with van der Waals surface area (Å²) >= 11 is 14.4. The maximum absolute atomic E-state index is 11.3. The van der Waals surface area contributed by atoms with Crippen LogP contribution in [0.15, 0.2) is 149 Å². The predicted octanol–water partition coefficient (Wildman–Crippen LogP) is 26.7. The maximum Gasteiger partial charge on any atom is 0.223 e. The normalized spacial score (nSPS) is 8.60. The molecule has 0 aliphatic heterocycles. The lowest BCUT2D eigenvalue weighted by atomic mass is 10.3. The highest BCUT2D eigenvalue weighted by Gasteiger charge is 2.05. The van der Waals surface area contributed by atoms with Crippen LogP contribution in [0, 0.1) is 41.5 Å². The Labute approximate surface area is 575 Å². The highest BCUT2D eigenvalue weighted by atomic mass is 32.2. The second-order valence-corrected chi connectivity index (χ2v) is 24.6. The minimum Gasteiger partial charge on any atom is -0.470 e. The zero-order valence-electron chi connectivity index (χ0n) is 59.7. The van der Waals surface area contributed by atoms with Crippen molar-refractivity contribution >= 4 is 162 Å². The van der Waals surface area contributed by atoms with E-state index < -0.39 is 0 Å². The first-order chi connectivity index (χ1) is 43.6. The molecule has 0 amide bonds. The molecule has 0 aliphatic rings. The molecule has 12 aromatic heterocycles. The van der Waals surface area contributed by atoms with E-state index in [1.165, 1.54) is 28.9 Å². The van der Waals surface area contributed by atoms with Gasteiger partial charge in [-0.2, -0.15) is 11.3 Å².